The summed E-state index contributed by atoms with van der Waals surface area (Å²) in [5.41, 5.74) is -0.759. The number of benzene rings is 1. The van der Waals surface area contributed by atoms with E-state index in [9.17, 15) is 9.90 Å². The third-order valence-electron chi connectivity index (χ3n) is 3.68. The molecule has 4 heteroatoms. The highest BCUT2D eigenvalue weighted by molar-refractivity contribution is 5.77. The maximum absolute atomic E-state index is 11.7. The topological polar surface area (TPSA) is 58.6 Å². The molecule has 2 rings (SSSR count). The molecule has 20 heavy (non-hydrogen) atoms. The third-order valence-corrected chi connectivity index (χ3v) is 3.68. The molecule has 1 fully saturated rings. The zero-order chi connectivity index (χ0) is 14.3. The molecule has 1 aromatic rings. The number of para-hydroxylation sites is 1. The van der Waals surface area contributed by atoms with E-state index in [0.717, 1.165) is 37.9 Å². The van der Waals surface area contributed by atoms with E-state index in [1.54, 1.807) is 0 Å². The van der Waals surface area contributed by atoms with Crippen LogP contribution in [-0.2, 0) is 4.79 Å². The quantitative estimate of drug-likeness (QED) is 0.752. The van der Waals surface area contributed by atoms with Crippen LogP contribution in [0.15, 0.2) is 30.3 Å². The van der Waals surface area contributed by atoms with Crippen LogP contribution in [0.1, 0.15) is 38.5 Å². The summed E-state index contributed by atoms with van der Waals surface area (Å²) >= 11 is 0. The van der Waals surface area contributed by atoms with Gasteiger partial charge in [0.2, 0.25) is 5.91 Å². The second-order valence-corrected chi connectivity index (χ2v) is 5.47. The summed E-state index contributed by atoms with van der Waals surface area (Å²) in [6, 6.07) is 9.63. The van der Waals surface area contributed by atoms with E-state index in [1.165, 1.54) is 0 Å². The van der Waals surface area contributed by atoms with Crippen LogP contribution in [0.3, 0.4) is 0 Å². The van der Waals surface area contributed by atoms with Crippen LogP contribution in [0.2, 0.25) is 0 Å². The smallest absolute Gasteiger partial charge is 0.222 e. The molecule has 1 aliphatic carbocycles. The third kappa shape index (κ3) is 4.85. The van der Waals surface area contributed by atoms with Crippen molar-refractivity contribution in [3.8, 4) is 5.75 Å². The van der Waals surface area contributed by atoms with Gasteiger partial charge in [0.15, 0.2) is 0 Å². The Balaban J connectivity index is 1.55. The van der Waals surface area contributed by atoms with Crippen LogP contribution < -0.4 is 10.1 Å². The molecule has 4 nitrogen and oxygen atoms in total. The lowest BCUT2D eigenvalue weighted by Gasteiger charge is -2.21. The number of carbonyl (C=O) groups excluding carboxylic acids is 1. The Labute approximate surface area is 120 Å². The maximum atomic E-state index is 11.7. The zero-order valence-corrected chi connectivity index (χ0v) is 11.8. The lowest BCUT2D eigenvalue weighted by molar-refractivity contribution is -0.125. The van der Waals surface area contributed by atoms with Gasteiger partial charge in [-0.1, -0.05) is 31.0 Å². The van der Waals surface area contributed by atoms with Crippen molar-refractivity contribution in [2.24, 2.45) is 0 Å². The first-order valence-electron chi connectivity index (χ1n) is 7.35. The number of carbonyl (C=O) groups is 1. The van der Waals surface area contributed by atoms with Gasteiger partial charge < -0.3 is 15.2 Å². The van der Waals surface area contributed by atoms with Gasteiger partial charge in [-0.15, -0.1) is 0 Å². The molecule has 0 radical (unpaired) electrons. The van der Waals surface area contributed by atoms with E-state index in [-0.39, 0.29) is 12.3 Å². The van der Waals surface area contributed by atoms with Gasteiger partial charge in [0.1, 0.15) is 5.75 Å². The molecule has 0 spiro atoms. The van der Waals surface area contributed by atoms with E-state index >= 15 is 0 Å². The second-order valence-electron chi connectivity index (χ2n) is 5.47. The Morgan fingerprint density at radius 2 is 1.95 bits per heavy atom. The second kappa shape index (κ2) is 7.29. The molecule has 0 atom stereocenters. The molecule has 1 aliphatic rings. The largest absolute Gasteiger partial charge is 0.494 e. The van der Waals surface area contributed by atoms with E-state index < -0.39 is 5.60 Å². The average Bonchev–Trinajstić information content (AvgIpc) is 2.86. The SMILES string of the molecule is O=C(CC1(O)CCCC1)NCCCOc1ccccc1. The highest BCUT2D eigenvalue weighted by Gasteiger charge is 2.33. The summed E-state index contributed by atoms with van der Waals surface area (Å²) in [5.74, 6) is 0.785. The van der Waals surface area contributed by atoms with E-state index in [4.69, 9.17) is 4.74 Å². The highest BCUT2D eigenvalue weighted by atomic mass is 16.5. The van der Waals surface area contributed by atoms with Crippen LogP contribution in [0.25, 0.3) is 0 Å². The molecular formula is C16H23NO3. The van der Waals surface area contributed by atoms with Gasteiger partial charge in [-0.25, -0.2) is 0 Å². The van der Waals surface area contributed by atoms with Crippen molar-refractivity contribution in [2.75, 3.05) is 13.2 Å². The number of rotatable bonds is 7. The summed E-state index contributed by atoms with van der Waals surface area (Å²) in [7, 11) is 0. The average molecular weight is 277 g/mol. The molecule has 0 unspecified atom stereocenters. The monoisotopic (exact) mass is 277 g/mol. The Bertz CT molecular complexity index is 413. The van der Waals surface area contributed by atoms with Gasteiger partial charge in [-0.05, 0) is 31.4 Å². The molecule has 1 amide bonds. The van der Waals surface area contributed by atoms with Crippen LogP contribution in [0.5, 0.6) is 5.75 Å². The molecule has 0 heterocycles. The minimum Gasteiger partial charge on any atom is -0.494 e. The minimum atomic E-state index is -0.759. The van der Waals surface area contributed by atoms with Crippen molar-refractivity contribution in [3.05, 3.63) is 30.3 Å². The summed E-state index contributed by atoms with van der Waals surface area (Å²) in [5, 5.41) is 13.0. The molecule has 110 valence electrons. The van der Waals surface area contributed by atoms with Gasteiger partial charge in [0.25, 0.3) is 0 Å². The van der Waals surface area contributed by atoms with Gasteiger partial charge in [-0.3, -0.25) is 4.79 Å². The highest BCUT2D eigenvalue weighted by Crippen LogP contribution is 2.32. The van der Waals surface area contributed by atoms with E-state index in [2.05, 4.69) is 5.32 Å². The molecule has 0 saturated heterocycles. The number of ether oxygens (including phenoxy) is 1. The van der Waals surface area contributed by atoms with Crippen molar-refractivity contribution in [3.63, 3.8) is 0 Å². The summed E-state index contributed by atoms with van der Waals surface area (Å²) in [4.78, 5) is 11.7. The van der Waals surface area contributed by atoms with E-state index in [0.29, 0.717) is 13.2 Å². The summed E-state index contributed by atoms with van der Waals surface area (Å²) < 4.78 is 5.54. The minimum absolute atomic E-state index is 0.0610. The summed E-state index contributed by atoms with van der Waals surface area (Å²) in [6.45, 7) is 1.16. The Morgan fingerprint density at radius 1 is 1.25 bits per heavy atom. The molecular weight excluding hydrogens is 254 g/mol. The van der Waals surface area contributed by atoms with Crippen molar-refractivity contribution in [1.29, 1.82) is 0 Å². The number of nitrogens with one attached hydrogen (secondary N) is 1. The van der Waals surface area contributed by atoms with Crippen LogP contribution in [-0.4, -0.2) is 29.8 Å². The van der Waals surface area contributed by atoms with Gasteiger partial charge in [0, 0.05) is 6.54 Å². The normalized spacial score (nSPS) is 16.9. The number of hydrogen-bond donors (Lipinski definition) is 2. The predicted octanol–water partition coefficient (Wildman–Crippen LogP) is 2.27. The molecule has 1 aromatic carbocycles. The first-order valence-corrected chi connectivity index (χ1v) is 7.35. The predicted molar refractivity (Wildman–Crippen MR) is 77.6 cm³/mol. The molecule has 0 aromatic heterocycles. The summed E-state index contributed by atoms with van der Waals surface area (Å²) in [6.07, 6.45) is 4.53. The molecule has 1 saturated carbocycles. The fourth-order valence-corrected chi connectivity index (χ4v) is 2.58. The van der Waals surface area contributed by atoms with Gasteiger partial charge in [-0.2, -0.15) is 0 Å². The number of hydrogen-bond acceptors (Lipinski definition) is 3. The fraction of sp³-hybridized carbons (Fsp3) is 0.562. The van der Waals surface area contributed by atoms with Gasteiger partial charge >= 0.3 is 0 Å². The maximum Gasteiger partial charge on any atom is 0.222 e. The zero-order valence-electron chi connectivity index (χ0n) is 11.8. The van der Waals surface area contributed by atoms with Crippen LogP contribution in [0, 0.1) is 0 Å². The van der Waals surface area contributed by atoms with Crippen molar-refractivity contribution in [1.82, 2.24) is 5.32 Å². The fourth-order valence-electron chi connectivity index (χ4n) is 2.58. The van der Waals surface area contributed by atoms with E-state index in [1.807, 2.05) is 30.3 Å². The van der Waals surface area contributed by atoms with Crippen molar-refractivity contribution in [2.45, 2.75) is 44.1 Å². The number of amides is 1. The first kappa shape index (κ1) is 14.9. The lowest BCUT2D eigenvalue weighted by Crippen LogP contribution is -2.35. The van der Waals surface area contributed by atoms with Crippen LogP contribution >= 0.6 is 0 Å². The standard InChI is InChI=1S/C16H23NO3/c18-15(13-16(19)9-4-5-10-16)17-11-6-12-20-14-7-2-1-3-8-14/h1-3,7-8,19H,4-6,9-13H2,(H,17,18). The van der Waals surface area contributed by atoms with Gasteiger partial charge in [0.05, 0.1) is 18.6 Å². The first-order chi connectivity index (χ1) is 9.68. The van der Waals surface area contributed by atoms with Crippen molar-refractivity contribution >= 4 is 5.91 Å². The number of aliphatic hydroxyl groups is 1. The lowest BCUT2D eigenvalue weighted by atomic mass is 9.98. The molecule has 2 N–H and O–H groups in total. The van der Waals surface area contributed by atoms with Crippen molar-refractivity contribution < 1.29 is 14.6 Å². The Hall–Kier alpha value is -1.55. The Kier molecular flexibility index (Phi) is 5.41. The van der Waals surface area contributed by atoms with Crippen LogP contribution in [0.4, 0.5) is 0 Å². The molecule has 0 aliphatic heterocycles. The molecule has 0 bridgehead atoms. The Morgan fingerprint density at radius 3 is 2.65 bits per heavy atom.